The summed E-state index contributed by atoms with van der Waals surface area (Å²) in [4.78, 5) is 4.55. The van der Waals surface area contributed by atoms with E-state index in [0.717, 1.165) is 16.6 Å². The molecule has 3 rings (SSSR count). The molecule has 1 aliphatic carbocycles. The summed E-state index contributed by atoms with van der Waals surface area (Å²) < 4.78 is 0. The van der Waals surface area contributed by atoms with Crippen LogP contribution in [0.1, 0.15) is 44.0 Å². The number of hydrogen-bond donors (Lipinski definition) is 1. The van der Waals surface area contributed by atoms with E-state index in [0.29, 0.717) is 6.04 Å². The van der Waals surface area contributed by atoms with Gasteiger partial charge in [0.1, 0.15) is 0 Å². The normalized spacial score (nSPS) is 22.8. The lowest BCUT2D eigenvalue weighted by atomic mass is 10.0. The molecular weight excluding hydrogens is 276 g/mol. The van der Waals surface area contributed by atoms with E-state index in [9.17, 15) is 0 Å². The highest BCUT2D eigenvalue weighted by Gasteiger charge is 2.15. The first-order valence-corrected chi connectivity index (χ1v) is 8.88. The van der Waals surface area contributed by atoms with E-state index in [1.165, 1.54) is 43.4 Å². The summed E-state index contributed by atoms with van der Waals surface area (Å²) in [7, 11) is 0. The first kappa shape index (κ1) is 14.6. The molecule has 0 radical (unpaired) electrons. The molecular formula is C18H24N2S. The van der Waals surface area contributed by atoms with Crippen LogP contribution < -0.4 is 5.32 Å². The van der Waals surface area contributed by atoms with Crippen molar-refractivity contribution in [2.75, 3.05) is 5.32 Å². The highest BCUT2D eigenvalue weighted by molar-refractivity contribution is 7.09. The Kier molecular flexibility index (Phi) is 4.59. The van der Waals surface area contributed by atoms with E-state index < -0.39 is 0 Å². The molecule has 2 unspecified atom stereocenters. The summed E-state index contributed by atoms with van der Waals surface area (Å²) in [5, 5.41) is 6.96. The first-order chi connectivity index (χ1) is 10.2. The number of thiazole rings is 1. The molecule has 1 fully saturated rings. The molecule has 1 aliphatic rings. The molecule has 1 heterocycles. The van der Waals surface area contributed by atoms with Crippen LogP contribution in [0, 0.1) is 12.8 Å². The number of hydrogen-bond acceptors (Lipinski definition) is 3. The summed E-state index contributed by atoms with van der Waals surface area (Å²) >= 11 is 1.71. The third-order valence-electron chi connectivity index (χ3n) is 4.43. The van der Waals surface area contributed by atoms with Gasteiger partial charge in [-0.2, -0.15) is 0 Å². The summed E-state index contributed by atoms with van der Waals surface area (Å²) in [6.07, 6.45) is 6.70. The second-order valence-electron chi connectivity index (χ2n) is 6.28. The van der Waals surface area contributed by atoms with E-state index in [1.807, 2.05) is 0 Å². The zero-order chi connectivity index (χ0) is 14.7. The molecule has 2 aromatic rings. The Morgan fingerprint density at radius 1 is 1.10 bits per heavy atom. The lowest BCUT2D eigenvalue weighted by Crippen LogP contribution is -2.18. The number of anilines is 1. The van der Waals surface area contributed by atoms with Crippen LogP contribution in [-0.2, 0) is 0 Å². The predicted molar refractivity (Wildman–Crippen MR) is 91.9 cm³/mol. The van der Waals surface area contributed by atoms with Gasteiger partial charge in [0.25, 0.3) is 0 Å². The van der Waals surface area contributed by atoms with Gasteiger partial charge in [0, 0.05) is 22.7 Å². The molecule has 0 amide bonds. The van der Waals surface area contributed by atoms with Crippen molar-refractivity contribution in [1.29, 1.82) is 0 Å². The largest absolute Gasteiger partial charge is 0.382 e. The Hall–Kier alpha value is -1.35. The van der Waals surface area contributed by atoms with Crippen LogP contribution in [0.2, 0.25) is 0 Å². The van der Waals surface area contributed by atoms with Crippen LogP contribution in [0.15, 0.2) is 29.6 Å². The fourth-order valence-electron chi connectivity index (χ4n) is 3.10. The van der Waals surface area contributed by atoms with Gasteiger partial charge in [-0.1, -0.05) is 31.9 Å². The monoisotopic (exact) mass is 300 g/mol. The van der Waals surface area contributed by atoms with Crippen LogP contribution in [-0.4, -0.2) is 11.0 Å². The van der Waals surface area contributed by atoms with Crippen LogP contribution >= 0.6 is 11.3 Å². The molecule has 3 heteroatoms. The minimum absolute atomic E-state index is 0.641. The third kappa shape index (κ3) is 3.85. The van der Waals surface area contributed by atoms with Gasteiger partial charge in [-0.25, -0.2) is 4.98 Å². The highest BCUT2D eigenvalue weighted by atomic mass is 32.1. The standard InChI is InChI=1S/C18H24N2S/c1-13-4-3-5-16(9-6-13)20-17-10-7-15(8-11-17)18-12-21-14(2)19-18/h7-8,10-13,16,20H,3-6,9H2,1-2H3. The number of nitrogens with zero attached hydrogens (tertiary/aromatic N) is 1. The fraction of sp³-hybridized carbons (Fsp3) is 0.500. The summed E-state index contributed by atoms with van der Waals surface area (Å²) in [5.74, 6) is 0.895. The van der Waals surface area contributed by atoms with E-state index in [-0.39, 0.29) is 0 Å². The van der Waals surface area contributed by atoms with Gasteiger partial charge in [0.15, 0.2) is 0 Å². The maximum Gasteiger partial charge on any atom is 0.0901 e. The van der Waals surface area contributed by atoms with Gasteiger partial charge < -0.3 is 5.32 Å². The molecule has 0 bridgehead atoms. The Balaban J connectivity index is 1.64. The highest BCUT2D eigenvalue weighted by Crippen LogP contribution is 2.27. The lowest BCUT2D eigenvalue weighted by molar-refractivity contribution is 0.502. The topological polar surface area (TPSA) is 24.9 Å². The maximum atomic E-state index is 4.55. The zero-order valence-electron chi connectivity index (χ0n) is 12.9. The Morgan fingerprint density at radius 3 is 2.62 bits per heavy atom. The number of rotatable bonds is 3. The number of aryl methyl sites for hydroxylation is 1. The van der Waals surface area contributed by atoms with Gasteiger partial charge in [-0.05, 0) is 44.2 Å². The van der Waals surface area contributed by atoms with Crippen molar-refractivity contribution in [3.05, 3.63) is 34.7 Å². The summed E-state index contributed by atoms with van der Waals surface area (Å²) in [6.45, 7) is 4.43. The van der Waals surface area contributed by atoms with E-state index in [4.69, 9.17) is 0 Å². The molecule has 2 atom stereocenters. The van der Waals surface area contributed by atoms with Crippen molar-refractivity contribution in [2.24, 2.45) is 5.92 Å². The molecule has 0 spiro atoms. The number of benzene rings is 1. The molecule has 112 valence electrons. The van der Waals surface area contributed by atoms with Crippen molar-refractivity contribution >= 4 is 17.0 Å². The van der Waals surface area contributed by atoms with Crippen molar-refractivity contribution in [3.63, 3.8) is 0 Å². The van der Waals surface area contributed by atoms with Crippen molar-refractivity contribution < 1.29 is 0 Å². The average molecular weight is 300 g/mol. The molecule has 0 aliphatic heterocycles. The second kappa shape index (κ2) is 6.61. The van der Waals surface area contributed by atoms with Crippen LogP contribution in [0.5, 0.6) is 0 Å². The average Bonchev–Trinajstić information content (AvgIpc) is 2.81. The SMILES string of the molecule is Cc1nc(-c2ccc(NC3CCCC(C)CC3)cc2)cs1. The minimum Gasteiger partial charge on any atom is -0.382 e. The smallest absolute Gasteiger partial charge is 0.0901 e. The Bertz CT molecular complexity index is 573. The molecule has 1 aromatic heterocycles. The molecule has 2 nitrogen and oxygen atoms in total. The molecule has 1 N–H and O–H groups in total. The van der Waals surface area contributed by atoms with Crippen molar-refractivity contribution in [2.45, 2.75) is 52.0 Å². The van der Waals surface area contributed by atoms with Crippen molar-refractivity contribution in [1.82, 2.24) is 4.98 Å². The number of nitrogens with one attached hydrogen (secondary N) is 1. The molecule has 1 aromatic carbocycles. The van der Waals surface area contributed by atoms with E-state index >= 15 is 0 Å². The van der Waals surface area contributed by atoms with Crippen molar-refractivity contribution in [3.8, 4) is 11.3 Å². The van der Waals surface area contributed by atoms with Gasteiger partial charge in [-0.3, -0.25) is 0 Å². The van der Waals surface area contributed by atoms with Gasteiger partial charge >= 0.3 is 0 Å². The van der Waals surface area contributed by atoms with E-state index in [1.54, 1.807) is 11.3 Å². The van der Waals surface area contributed by atoms with E-state index in [2.05, 4.69) is 53.8 Å². The summed E-state index contributed by atoms with van der Waals surface area (Å²) in [6, 6.07) is 9.38. The van der Waals surface area contributed by atoms with Crippen LogP contribution in [0.25, 0.3) is 11.3 Å². The van der Waals surface area contributed by atoms with Gasteiger partial charge in [0.05, 0.1) is 10.7 Å². The zero-order valence-corrected chi connectivity index (χ0v) is 13.7. The minimum atomic E-state index is 0.641. The Labute approximate surface area is 131 Å². The molecule has 1 saturated carbocycles. The van der Waals surface area contributed by atoms with Gasteiger partial charge in [-0.15, -0.1) is 11.3 Å². The third-order valence-corrected chi connectivity index (χ3v) is 5.20. The fourth-order valence-corrected chi connectivity index (χ4v) is 3.72. The lowest BCUT2D eigenvalue weighted by Gasteiger charge is -2.18. The van der Waals surface area contributed by atoms with Crippen LogP contribution in [0.3, 0.4) is 0 Å². The predicted octanol–water partition coefficient (Wildman–Crippen LogP) is 5.50. The molecule has 21 heavy (non-hydrogen) atoms. The second-order valence-corrected chi connectivity index (χ2v) is 7.35. The summed E-state index contributed by atoms with van der Waals surface area (Å²) in [5.41, 5.74) is 3.54. The molecule has 0 saturated heterocycles. The maximum absolute atomic E-state index is 4.55. The Morgan fingerprint density at radius 2 is 1.90 bits per heavy atom. The number of aromatic nitrogens is 1. The van der Waals surface area contributed by atoms with Gasteiger partial charge in [0.2, 0.25) is 0 Å². The first-order valence-electron chi connectivity index (χ1n) is 8.00. The van der Waals surface area contributed by atoms with Crippen LogP contribution in [0.4, 0.5) is 5.69 Å². The quantitative estimate of drug-likeness (QED) is 0.757.